The summed E-state index contributed by atoms with van der Waals surface area (Å²) in [4.78, 5) is 0. The van der Waals surface area contributed by atoms with Crippen molar-refractivity contribution in [3.8, 4) is 11.3 Å². The molecule has 0 aliphatic rings. The van der Waals surface area contributed by atoms with Gasteiger partial charge >= 0.3 is 6.18 Å². The summed E-state index contributed by atoms with van der Waals surface area (Å²) < 4.78 is 38.1. The van der Waals surface area contributed by atoms with Crippen LogP contribution in [0.1, 0.15) is 5.69 Å². The molecule has 6 heteroatoms. The van der Waals surface area contributed by atoms with Crippen LogP contribution in [0.15, 0.2) is 17.5 Å². The van der Waals surface area contributed by atoms with Crippen LogP contribution in [-0.2, 0) is 13.2 Å². The maximum atomic E-state index is 12.4. The zero-order valence-electron chi connectivity index (χ0n) is 7.67. The smallest absolute Gasteiger partial charge is 0.263 e. The van der Waals surface area contributed by atoms with Crippen LogP contribution in [0.25, 0.3) is 11.3 Å². The Morgan fingerprint density at radius 2 is 2.20 bits per heavy atom. The monoisotopic (exact) mass is 231 g/mol. The number of rotatable bonds is 1. The molecule has 0 amide bonds. The molecule has 0 fully saturated rings. The molecule has 0 bridgehead atoms. The van der Waals surface area contributed by atoms with Gasteiger partial charge in [0.05, 0.1) is 11.1 Å². The van der Waals surface area contributed by atoms with Crippen molar-refractivity contribution in [1.82, 2.24) is 9.78 Å². The summed E-state index contributed by atoms with van der Waals surface area (Å²) in [6, 6.07) is 2.71. The van der Waals surface area contributed by atoms with E-state index in [0.29, 0.717) is 11.3 Å². The average Bonchev–Trinajstić information content (AvgIpc) is 2.68. The Kier molecular flexibility index (Phi) is 2.30. The predicted octanol–water partition coefficient (Wildman–Crippen LogP) is 2.97. The van der Waals surface area contributed by atoms with Crippen molar-refractivity contribution in [3.05, 3.63) is 28.6 Å². The summed E-state index contributed by atoms with van der Waals surface area (Å²) in [7, 11) is 1.28. The van der Waals surface area contributed by atoms with Crippen LogP contribution in [0.2, 0.25) is 0 Å². The van der Waals surface area contributed by atoms with Crippen molar-refractivity contribution in [1.29, 1.82) is 0 Å². The van der Waals surface area contributed by atoms with E-state index in [4.69, 9.17) is 0 Å². The van der Waals surface area contributed by atoms with Gasteiger partial charge in [0.25, 0.3) is 0 Å². The molecule has 79 valence electrons. The second kappa shape index (κ2) is 3.37. The zero-order valence-corrected chi connectivity index (χ0v) is 8.49. The molecular formula is C9H6F3N2S. The first-order chi connectivity index (χ1) is 6.98. The molecule has 15 heavy (non-hydrogen) atoms. The Labute approximate surface area is 88.0 Å². The van der Waals surface area contributed by atoms with Crippen molar-refractivity contribution in [2.75, 3.05) is 0 Å². The number of alkyl halides is 3. The number of hydrogen-bond donors (Lipinski definition) is 0. The van der Waals surface area contributed by atoms with Crippen molar-refractivity contribution in [2.24, 2.45) is 7.05 Å². The topological polar surface area (TPSA) is 17.8 Å². The lowest BCUT2D eigenvalue weighted by molar-refractivity contribution is -0.143. The molecule has 0 spiro atoms. The third kappa shape index (κ3) is 1.90. The molecule has 0 atom stereocenters. The van der Waals surface area contributed by atoms with Crippen molar-refractivity contribution in [2.45, 2.75) is 6.18 Å². The summed E-state index contributed by atoms with van der Waals surface area (Å²) in [5.74, 6) is 0. The van der Waals surface area contributed by atoms with Crippen LogP contribution < -0.4 is 0 Å². The highest BCUT2D eigenvalue weighted by molar-refractivity contribution is 7.07. The molecule has 0 unspecified atom stereocenters. The average molecular weight is 231 g/mol. The molecule has 0 saturated heterocycles. The maximum Gasteiger partial charge on any atom is 0.433 e. The lowest BCUT2D eigenvalue weighted by Gasteiger charge is -2.04. The number of aryl methyl sites for hydroxylation is 1. The van der Waals surface area contributed by atoms with Gasteiger partial charge < -0.3 is 0 Å². The predicted molar refractivity (Wildman–Crippen MR) is 50.4 cm³/mol. The molecule has 0 aliphatic heterocycles. The third-order valence-corrected chi connectivity index (χ3v) is 2.53. The van der Waals surface area contributed by atoms with Crippen LogP contribution in [0, 0.1) is 5.38 Å². The first-order valence-electron chi connectivity index (χ1n) is 4.05. The fourth-order valence-electron chi connectivity index (χ4n) is 1.24. The Morgan fingerprint density at radius 3 is 2.67 bits per heavy atom. The van der Waals surface area contributed by atoms with Gasteiger partial charge in [-0.2, -0.15) is 18.3 Å². The van der Waals surface area contributed by atoms with Gasteiger partial charge in [-0.15, -0.1) is 11.3 Å². The summed E-state index contributed by atoms with van der Waals surface area (Å²) >= 11 is 1.30. The largest absolute Gasteiger partial charge is 0.433 e. The minimum atomic E-state index is -4.37. The Hall–Kier alpha value is -1.30. The molecule has 0 aliphatic carbocycles. The summed E-state index contributed by atoms with van der Waals surface area (Å²) in [6.07, 6.45) is -4.37. The minimum absolute atomic E-state index is 0.297. The Morgan fingerprint density at radius 1 is 1.47 bits per heavy atom. The van der Waals surface area contributed by atoms with E-state index in [0.717, 1.165) is 10.7 Å². The fourth-order valence-corrected chi connectivity index (χ4v) is 1.81. The quantitative estimate of drug-likeness (QED) is 0.737. The minimum Gasteiger partial charge on any atom is -0.263 e. The van der Waals surface area contributed by atoms with Gasteiger partial charge in [0.2, 0.25) is 0 Å². The summed E-state index contributed by atoms with van der Waals surface area (Å²) in [5.41, 5.74) is 0.134. The lowest BCUT2D eigenvalue weighted by atomic mass is 10.2. The van der Waals surface area contributed by atoms with Gasteiger partial charge in [-0.3, -0.25) is 4.68 Å². The van der Waals surface area contributed by atoms with Gasteiger partial charge in [-0.1, -0.05) is 0 Å². The highest BCUT2D eigenvalue weighted by atomic mass is 32.1. The third-order valence-electron chi connectivity index (χ3n) is 1.92. The lowest BCUT2D eigenvalue weighted by Crippen LogP contribution is -2.11. The van der Waals surface area contributed by atoms with Crippen molar-refractivity contribution >= 4 is 11.3 Å². The van der Waals surface area contributed by atoms with E-state index in [2.05, 4.69) is 10.5 Å². The van der Waals surface area contributed by atoms with Gasteiger partial charge in [0.1, 0.15) is 5.69 Å². The fraction of sp³-hybridized carbons (Fsp3) is 0.222. The number of hydrogen-bond acceptors (Lipinski definition) is 2. The molecule has 0 aromatic carbocycles. The zero-order chi connectivity index (χ0) is 11.1. The highest BCUT2D eigenvalue weighted by Gasteiger charge is 2.35. The van der Waals surface area contributed by atoms with Crippen LogP contribution in [0.5, 0.6) is 0 Å². The molecular weight excluding hydrogens is 225 g/mol. The highest BCUT2D eigenvalue weighted by Crippen LogP contribution is 2.31. The van der Waals surface area contributed by atoms with Crippen molar-refractivity contribution in [3.63, 3.8) is 0 Å². The Bertz CT molecular complexity index is 456. The van der Waals surface area contributed by atoms with E-state index >= 15 is 0 Å². The molecule has 0 saturated carbocycles. The second-order valence-corrected chi connectivity index (χ2v) is 3.68. The standard InChI is InChI=1S/C9H6F3N2S/c1-14-8(9(10,11)12)4-7(13-14)6-2-3-15-5-6/h2-4H,1H3. The Balaban J connectivity index is 2.47. The first-order valence-corrected chi connectivity index (χ1v) is 4.93. The van der Waals surface area contributed by atoms with Gasteiger partial charge in [0, 0.05) is 12.6 Å². The summed E-state index contributed by atoms with van der Waals surface area (Å²) in [6.45, 7) is 0. The van der Waals surface area contributed by atoms with Crippen LogP contribution >= 0.6 is 11.3 Å². The molecule has 2 aromatic rings. The second-order valence-electron chi connectivity index (χ2n) is 2.97. The number of nitrogens with zero attached hydrogens (tertiary/aromatic N) is 2. The molecule has 2 rings (SSSR count). The normalized spacial score (nSPS) is 12.0. The molecule has 0 N–H and O–H groups in total. The van der Waals surface area contributed by atoms with Crippen LogP contribution in [-0.4, -0.2) is 9.78 Å². The molecule has 1 radical (unpaired) electrons. The molecule has 2 nitrogen and oxygen atoms in total. The van der Waals surface area contributed by atoms with Crippen LogP contribution in [0.3, 0.4) is 0 Å². The number of halogens is 3. The number of aromatic nitrogens is 2. The van der Waals surface area contributed by atoms with Gasteiger partial charge in [0.15, 0.2) is 0 Å². The van der Waals surface area contributed by atoms with Gasteiger partial charge in [-0.25, -0.2) is 0 Å². The van der Waals surface area contributed by atoms with E-state index in [1.165, 1.54) is 18.4 Å². The number of thiophene rings is 1. The van der Waals surface area contributed by atoms with E-state index in [9.17, 15) is 13.2 Å². The van der Waals surface area contributed by atoms with E-state index in [1.807, 2.05) is 0 Å². The first kappa shape index (κ1) is 10.2. The van der Waals surface area contributed by atoms with E-state index in [-0.39, 0.29) is 0 Å². The maximum absolute atomic E-state index is 12.4. The van der Waals surface area contributed by atoms with Gasteiger partial charge in [-0.05, 0) is 17.5 Å². The van der Waals surface area contributed by atoms with E-state index < -0.39 is 11.9 Å². The van der Waals surface area contributed by atoms with Crippen molar-refractivity contribution < 1.29 is 13.2 Å². The molecule has 2 heterocycles. The van der Waals surface area contributed by atoms with E-state index in [1.54, 1.807) is 11.4 Å². The SMILES string of the molecule is Cn1nc(-c2[c]scc2)cc1C(F)(F)F. The van der Waals surface area contributed by atoms with Crippen LogP contribution in [0.4, 0.5) is 13.2 Å². The molecule has 2 aromatic heterocycles. The summed E-state index contributed by atoms with van der Waals surface area (Å²) in [5, 5.41) is 8.38.